The molecule has 5 nitrogen and oxygen atoms in total. The maximum Gasteiger partial charge on any atom is 0.243 e. The van der Waals surface area contributed by atoms with E-state index < -0.39 is 6.04 Å². The Morgan fingerprint density at radius 2 is 2.27 bits per heavy atom. The van der Waals surface area contributed by atoms with Crippen molar-refractivity contribution < 1.29 is 9.53 Å². The molecule has 2 rings (SSSR count). The summed E-state index contributed by atoms with van der Waals surface area (Å²) >= 11 is 1.38. The first-order valence-electron chi connectivity index (χ1n) is 7.22. The molecule has 0 bridgehead atoms. The number of hydrogen-bond acceptors (Lipinski definition) is 5. The summed E-state index contributed by atoms with van der Waals surface area (Å²) in [5.41, 5.74) is 8.62. The second-order valence-electron chi connectivity index (χ2n) is 5.13. The number of amides is 1. The standard InChI is InChI=1S/C16H21N3O2S/c1-4-5-12(17)15(20)19-16-18-13(9-22-16)11-8-10(2)6-7-14(11)21-3/h6-9,12H,4-5,17H2,1-3H3,(H,18,19,20). The van der Waals surface area contributed by atoms with E-state index in [1.807, 2.05) is 37.4 Å². The first-order valence-corrected chi connectivity index (χ1v) is 8.10. The van der Waals surface area contributed by atoms with Crippen LogP contribution in [0.5, 0.6) is 5.75 Å². The van der Waals surface area contributed by atoms with Gasteiger partial charge in [-0.3, -0.25) is 4.79 Å². The molecule has 1 atom stereocenters. The molecule has 0 fully saturated rings. The van der Waals surface area contributed by atoms with Gasteiger partial charge in [-0.15, -0.1) is 11.3 Å². The van der Waals surface area contributed by atoms with E-state index in [4.69, 9.17) is 10.5 Å². The molecular weight excluding hydrogens is 298 g/mol. The molecule has 0 aliphatic heterocycles. The number of methoxy groups -OCH3 is 1. The number of ether oxygens (including phenoxy) is 1. The van der Waals surface area contributed by atoms with Gasteiger partial charge in [0.1, 0.15) is 5.75 Å². The fourth-order valence-electron chi connectivity index (χ4n) is 2.12. The summed E-state index contributed by atoms with van der Waals surface area (Å²) in [7, 11) is 1.63. The van der Waals surface area contributed by atoms with Crippen molar-refractivity contribution >= 4 is 22.4 Å². The van der Waals surface area contributed by atoms with Crippen molar-refractivity contribution in [1.29, 1.82) is 0 Å². The molecule has 6 heteroatoms. The zero-order valence-electron chi connectivity index (χ0n) is 13.1. The van der Waals surface area contributed by atoms with E-state index in [-0.39, 0.29) is 5.91 Å². The van der Waals surface area contributed by atoms with Crippen molar-refractivity contribution in [3.05, 3.63) is 29.1 Å². The van der Waals surface area contributed by atoms with Gasteiger partial charge in [-0.2, -0.15) is 0 Å². The third-order valence-electron chi connectivity index (χ3n) is 3.30. The molecule has 3 N–H and O–H groups in total. The Kier molecular flexibility index (Phi) is 5.51. The predicted octanol–water partition coefficient (Wildman–Crippen LogP) is 3.19. The Morgan fingerprint density at radius 1 is 1.50 bits per heavy atom. The number of anilines is 1. The minimum absolute atomic E-state index is 0.195. The minimum atomic E-state index is -0.495. The molecule has 0 radical (unpaired) electrons. The van der Waals surface area contributed by atoms with Crippen molar-refractivity contribution in [2.45, 2.75) is 32.7 Å². The average molecular weight is 319 g/mol. The number of hydrogen-bond donors (Lipinski definition) is 2. The van der Waals surface area contributed by atoms with Crippen LogP contribution in [-0.2, 0) is 4.79 Å². The van der Waals surface area contributed by atoms with Crippen molar-refractivity contribution in [3.63, 3.8) is 0 Å². The van der Waals surface area contributed by atoms with Crippen LogP contribution < -0.4 is 15.8 Å². The molecule has 118 valence electrons. The van der Waals surface area contributed by atoms with Crippen LogP contribution in [0.25, 0.3) is 11.3 Å². The third kappa shape index (κ3) is 3.84. The molecule has 0 aliphatic carbocycles. The molecule has 1 amide bonds. The van der Waals surface area contributed by atoms with Crippen LogP contribution in [0.2, 0.25) is 0 Å². The highest BCUT2D eigenvalue weighted by molar-refractivity contribution is 7.14. The summed E-state index contributed by atoms with van der Waals surface area (Å²) in [4.78, 5) is 16.4. The number of aromatic nitrogens is 1. The summed E-state index contributed by atoms with van der Waals surface area (Å²) in [5, 5.41) is 5.22. The fraction of sp³-hybridized carbons (Fsp3) is 0.375. The zero-order valence-corrected chi connectivity index (χ0v) is 13.9. The first-order chi connectivity index (χ1) is 10.5. The highest BCUT2D eigenvalue weighted by Crippen LogP contribution is 2.32. The van der Waals surface area contributed by atoms with E-state index in [1.54, 1.807) is 7.11 Å². The lowest BCUT2D eigenvalue weighted by atomic mass is 10.1. The van der Waals surface area contributed by atoms with Gasteiger partial charge < -0.3 is 15.8 Å². The lowest BCUT2D eigenvalue weighted by Gasteiger charge is -2.09. The zero-order chi connectivity index (χ0) is 16.1. The highest BCUT2D eigenvalue weighted by atomic mass is 32.1. The number of rotatable bonds is 6. The van der Waals surface area contributed by atoms with Gasteiger partial charge in [0.25, 0.3) is 0 Å². The maximum absolute atomic E-state index is 11.9. The number of benzene rings is 1. The van der Waals surface area contributed by atoms with Crippen LogP contribution in [0.1, 0.15) is 25.3 Å². The van der Waals surface area contributed by atoms with E-state index in [9.17, 15) is 4.79 Å². The van der Waals surface area contributed by atoms with Gasteiger partial charge in [0.05, 0.1) is 18.8 Å². The topological polar surface area (TPSA) is 77.2 Å². The molecule has 1 aromatic heterocycles. The maximum atomic E-state index is 11.9. The van der Waals surface area contributed by atoms with E-state index >= 15 is 0 Å². The smallest absolute Gasteiger partial charge is 0.243 e. The summed E-state index contributed by atoms with van der Waals surface area (Å²) in [6.45, 7) is 4.01. The van der Waals surface area contributed by atoms with Crippen molar-refractivity contribution in [2.24, 2.45) is 5.73 Å². The van der Waals surface area contributed by atoms with Gasteiger partial charge in [0.2, 0.25) is 5.91 Å². The molecule has 1 aromatic carbocycles. The van der Waals surface area contributed by atoms with Crippen LogP contribution in [-0.4, -0.2) is 24.0 Å². The van der Waals surface area contributed by atoms with Crippen molar-refractivity contribution in [2.75, 3.05) is 12.4 Å². The van der Waals surface area contributed by atoms with E-state index in [2.05, 4.69) is 10.3 Å². The molecule has 0 saturated heterocycles. The average Bonchev–Trinajstić information content (AvgIpc) is 2.95. The van der Waals surface area contributed by atoms with Crippen LogP contribution >= 0.6 is 11.3 Å². The second kappa shape index (κ2) is 7.38. The van der Waals surface area contributed by atoms with Gasteiger partial charge >= 0.3 is 0 Å². The molecule has 2 aromatic rings. The number of nitrogens with one attached hydrogen (secondary N) is 1. The SMILES string of the molecule is CCCC(N)C(=O)Nc1nc(-c2cc(C)ccc2OC)cs1. The predicted molar refractivity (Wildman–Crippen MR) is 90.4 cm³/mol. The van der Waals surface area contributed by atoms with Crippen LogP contribution in [0.3, 0.4) is 0 Å². The van der Waals surface area contributed by atoms with E-state index in [0.29, 0.717) is 11.6 Å². The van der Waals surface area contributed by atoms with Crippen molar-refractivity contribution in [3.8, 4) is 17.0 Å². The molecule has 22 heavy (non-hydrogen) atoms. The quantitative estimate of drug-likeness (QED) is 0.857. The van der Waals surface area contributed by atoms with Crippen molar-refractivity contribution in [1.82, 2.24) is 4.98 Å². The monoisotopic (exact) mass is 319 g/mol. The van der Waals surface area contributed by atoms with Gasteiger partial charge in [0, 0.05) is 10.9 Å². The third-order valence-corrected chi connectivity index (χ3v) is 4.06. The van der Waals surface area contributed by atoms with Gasteiger partial charge in [-0.1, -0.05) is 25.0 Å². The Balaban J connectivity index is 2.18. The van der Waals surface area contributed by atoms with Gasteiger partial charge in [-0.05, 0) is 25.5 Å². The second-order valence-corrected chi connectivity index (χ2v) is 5.98. The van der Waals surface area contributed by atoms with Crippen LogP contribution in [0.15, 0.2) is 23.6 Å². The number of carbonyl (C=O) groups is 1. The highest BCUT2D eigenvalue weighted by Gasteiger charge is 2.15. The number of carbonyl (C=O) groups excluding carboxylic acids is 1. The molecule has 1 unspecified atom stereocenters. The van der Waals surface area contributed by atoms with Crippen LogP contribution in [0, 0.1) is 6.92 Å². The summed E-state index contributed by atoms with van der Waals surface area (Å²) < 4.78 is 5.37. The number of nitrogens with two attached hydrogens (primary N) is 1. The molecular formula is C16H21N3O2S. The van der Waals surface area contributed by atoms with Crippen LogP contribution in [0.4, 0.5) is 5.13 Å². The summed E-state index contributed by atoms with van der Waals surface area (Å²) in [6.07, 6.45) is 1.54. The Bertz CT molecular complexity index is 655. The number of thiazole rings is 1. The molecule has 0 saturated carbocycles. The van der Waals surface area contributed by atoms with Gasteiger partial charge in [-0.25, -0.2) is 4.98 Å². The normalized spacial score (nSPS) is 12.0. The van der Waals surface area contributed by atoms with E-state index in [0.717, 1.165) is 29.0 Å². The Hall–Kier alpha value is -1.92. The Morgan fingerprint density at radius 3 is 2.95 bits per heavy atom. The molecule has 0 aliphatic rings. The summed E-state index contributed by atoms with van der Waals surface area (Å²) in [6, 6.07) is 5.42. The van der Waals surface area contributed by atoms with Gasteiger partial charge in [0.15, 0.2) is 5.13 Å². The minimum Gasteiger partial charge on any atom is -0.496 e. The molecule has 1 heterocycles. The lowest BCUT2D eigenvalue weighted by Crippen LogP contribution is -2.35. The first kappa shape index (κ1) is 16.5. The lowest BCUT2D eigenvalue weighted by molar-refractivity contribution is -0.117. The Labute approximate surface area is 134 Å². The number of nitrogens with zero attached hydrogens (tertiary/aromatic N) is 1. The number of aryl methyl sites for hydroxylation is 1. The largest absolute Gasteiger partial charge is 0.496 e. The molecule has 0 spiro atoms. The fourth-order valence-corrected chi connectivity index (χ4v) is 2.83. The van der Waals surface area contributed by atoms with E-state index in [1.165, 1.54) is 11.3 Å². The summed E-state index contributed by atoms with van der Waals surface area (Å²) in [5.74, 6) is 0.565.